The first-order chi connectivity index (χ1) is 9.67. The zero-order valence-corrected chi connectivity index (χ0v) is 12.8. The zero-order valence-electron chi connectivity index (χ0n) is 12.8. The van der Waals surface area contributed by atoms with Gasteiger partial charge in [-0.1, -0.05) is 13.8 Å². The highest BCUT2D eigenvalue weighted by atomic mass is 16.5. The highest BCUT2D eigenvalue weighted by molar-refractivity contribution is 5.38. The molecule has 0 aliphatic rings. The highest BCUT2D eigenvalue weighted by Gasteiger charge is 2.08. The fourth-order valence-corrected chi connectivity index (χ4v) is 1.52. The minimum atomic E-state index is 0.260. The molecule has 0 fully saturated rings. The van der Waals surface area contributed by atoms with E-state index in [1.807, 2.05) is 7.05 Å². The number of nitrogens with one attached hydrogen (secondary N) is 1. The lowest BCUT2D eigenvalue weighted by Crippen LogP contribution is -2.11. The molecule has 0 aliphatic heterocycles. The number of aromatic nitrogens is 2. The molecule has 6 heteroatoms. The molecular weight excluding hydrogens is 258 g/mol. The van der Waals surface area contributed by atoms with Crippen LogP contribution in [0.1, 0.15) is 32.0 Å². The van der Waals surface area contributed by atoms with E-state index in [0.717, 1.165) is 24.7 Å². The molecule has 0 saturated carbocycles. The van der Waals surface area contributed by atoms with Gasteiger partial charge in [0, 0.05) is 39.4 Å². The van der Waals surface area contributed by atoms with Gasteiger partial charge in [-0.05, 0) is 6.42 Å². The summed E-state index contributed by atoms with van der Waals surface area (Å²) in [6, 6.07) is 1.79. The molecule has 1 aromatic rings. The Morgan fingerprint density at radius 2 is 1.95 bits per heavy atom. The van der Waals surface area contributed by atoms with Gasteiger partial charge in [0.05, 0.1) is 6.61 Å². The van der Waals surface area contributed by atoms with Crippen molar-refractivity contribution in [1.82, 2.24) is 9.97 Å². The quantitative estimate of drug-likeness (QED) is 0.663. The molecule has 0 aromatic carbocycles. The van der Waals surface area contributed by atoms with Crippen molar-refractivity contribution in [2.75, 3.05) is 45.9 Å². The van der Waals surface area contributed by atoms with Crippen LogP contribution in [0.25, 0.3) is 0 Å². The van der Waals surface area contributed by atoms with E-state index in [4.69, 9.17) is 14.2 Å². The second kappa shape index (κ2) is 9.50. The van der Waals surface area contributed by atoms with E-state index < -0.39 is 0 Å². The third kappa shape index (κ3) is 6.16. The van der Waals surface area contributed by atoms with Gasteiger partial charge in [0.15, 0.2) is 0 Å². The van der Waals surface area contributed by atoms with Crippen molar-refractivity contribution in [1.29, 1.82) is 0 Å². The number of rotatable bonds is 10. The van der Waals surface area contributed by atoms with Crippen LogP contribution in [0.2, 0.25) is 0 Å². The maximum Gasteiger partial charge on any atom is 0.218 e. The van der Waals surface area contributed by atoms with Gasteiger partial charge in [0.25, 0.3) is 0 Å². The molecule has 0 amide bonds. The number of ether oxygens (including phenoxy) is 3. The smallest absolute Gasteiger partial charge is 0.218 e. The van der Waals surface area contributed by atoms with Gasteiger partial charge in [0.2, 0.25) is 5.88 Å². The van der Waals surface area contributed by atoms with Crippen molar-refractivity contribution < 1.29 is 14.2 Å². The van der Waals surface area contributed by atoms with E-state index in [9.17, 15) is 0 Å². The molecular formula is C14H25N3O3. The van der Waals surface area contributed by atoms with Crippen molar-refractivity contribution in [3.63, 3.8) is 0 Å². The van der Waals surface area contributed by atoms with Crippen LogP contribution in [0.4, 0.5) is 5.82 Å². The van der Waals surface area contributed by atoms with Crippen LogP contribution in [-0.4, -0.2) is 50.6 Å². The lowest BCUT2D eigenvalue weighted by molar-refractivity contribution is 0.0794. The van der Waals surface area contributed by atoms with Gasteiger partial charge >= 0.3 is 0 Å². The molecule has 1 rings (SSSR count). The Labute approximate surface area is 120 Å². The molecule has 0 bridgehead atoms. The Morgan fingerprint density at radius 1 is 1.15 bits per heavy atom. The van der Waals surface area contributed by atoms with Gasteiger partial charge in [-0.15, -0.1) is 0 Å². The maximum atomic E-state index is 5.60. The summed E-state index contributed by atoms with van der Waals surface area (Å²) < 4.78 is 16.0. The minimum Gasteiger partial charge on any atom is -0.475 e. The summed E-state index contributed by atoms with van der Waals surface area (Å²) in [5, 5.41) is 3.01. The third-order valence-electron chi connectivity index (χ3n) is 2.61. The molecule has 114 valence electrons. The number of hydrogen-bond donors (Lipinski definition) is 1. The van der Waals surface area contributed by atoms with Gasteiger partial charge in [-0.2, -0.15) is 4.98 Å². The van der Waals surface area contributed by atoms with Crippen molar-refractivity contribution in [3.8, 4) is 5.88 Å². The van der Waals surface area contributed by atoms with E-state index >= 15 is 0 Å². The molecule has 1 aromatic heterocycles. The second-order valence-corrected chi connectivity index (χ2v) is 4.66. The number of hydrogen-bond acceptors (Lipinski definition) is 6. The van der Waals surface area contributed by atoms with Crippen LogP contribution >= 0.6 is 0 Å². The lowest BCUT2D eigenvalue weighted by Gasteiger charge is -2.11. The van der Waals surface area contributed by atoms with E-state index in [0.29, 0.717) is 25.7 Å². The fraction of sp³-hybridized carbons (Fsp3) is 0.714. The molecule has 6 nitrogen and oxygen atoms in total. The third-order valence-corrected chi connectivity index (χ3v) is 2.61. The minimum absolute atomic E-state index is 0.260. The fourth-order valence-electron chi connectivity index (χ4n) is 1.52. The van der Waals surface area contributed by atoms with E-state index in [1.54, 1.807) is 13.2 Å². The standard InChI is InChI=1S/C14H25N3O3/c1-11(2)14-16-12(15-3)10-13(17-14)20-9-8-19-7-5-6-18-4/h10-11H,5-9H2,1-4H3,(H,15,16,17). The Morgan fingerprint density at radius 3 is 2.60 bits per heavy atom. The SMILES string of the molecule is CNc1cc(OCCOCCCOC)nc(C(C)C)n1. The highest BCUT2D eigenvalue weighted by Crippen LogP contribution is 2.18. The van der Waals surface area contributed by atoms with Crippen LogP contribution in [0.3, 0.4) is 0 Å². The van der Waals surface area contributed by atoms with Crippen molar-refractivity contribution in [2.45, 2.75) is 26.2 Å². The summed E-state index contributed by atoms with van der Waals surface area (Å²) in [4.78, 5) is 8.76. The predicted octanol–water partition coefficient (Wildman–Crippen LogP) is 2.07. The first kappa shape index (κ1) is 16.7. The summed E-state index contributed by atoms with van der Waals surface area (Å²) in [7, 11) is 3.51. The van der Waals surface area contributed by atoms with Crippen molar-refractivity contribution >= 4 is 5.82 Å². The summed E-state index contributed by atoms with van der Waals surface area (Å²) in [5.74, 6) is 2.37. The number of anilines is 1. The first-order valence-corrected chi connectivity index (χ1v) is 6.93. The molecule has 0 aliphatic carbocycles. The summed E-state index contributed by atoms with van der Waals surface area (Å²) in [6.45, 7) is 6.52. The number of methoxy groups -OCH3 is 1. The maximum absolute atomic E-state index is 5.60. The first-order valence-electron chi connectivity index (χ1n) is 6.93. The molecule has 1 heterocycles. The molecule has 0 radical (unpaired) electrons. The zero-order chi connectivity index (χ0) is 14.8. The van der Waals surface area contributed by atoms with Crippen LogP contribution in [0.15, 0.2) is 6.07 Å². The van der Waals surface area contributed by atoms with Crippen LogP contribution < -0.4 is 10.1 Å². The van der Waals surface area contributed by atoms with Crippen LogP contribution in [0, 0.1) is 0 Å². The van der Waals surface area contributed by atoms with Gasteiger partial charge < -0.3 is 19.5 Å². The van der Waals surface area contributed by atoms with Crippen LogP contribution in [0.5, 0.6) is 5.88 Å². The molecule has 0 spiro atoms. The van der Waals surface area contributed by atoms with E-state index in [2.05, 4.69) is 29.1 Å². The van der Waals surface area contributed by atoms with Crippen molar-refractivity contribution in [3.05, 3.63) is 11.9 Å². The monoisotopic (exact) mass is 283 g/mol. The molecule has 0 saturated heterocycles. The van der Waals surface area contributed by atoms with E-state index in [1.165, 1.54) is 0 Å². The summed E-state index contributed by atoms with van der Waals surface area (Å²) >= 11 is 0. The second-order valence-electron chi connectivity index (χ2n) is 4.66. The Hall–Kier alpha value is -1.40. The Kier molecular flexibility index (Phi) is 7.91. The van der Waals surface area contributed by atoms with Crippen LogP contribution in [-0.2, 0) is 9.47 Å². The topological polar surface area (TPSA) is 65.5 Å². The van der Waals surface area contributed by atoms with E-state index in [-0.39, 0.29) is 5.92 Å². The predicted molar refractivity (Wildman–Crippen MR) is 78.5 cm³/mol. The number of nitrogens with zero attached hydrogens (tertiary/aromatic N) is 2. The normalized spacial score (nSPS) is 10.8. The Balaban J connectivity index is 2.37. The van der Waals surface area contributed by atoms with Gasteiger partial charge in [-0.25, -0.2) is 4.98 Å². The molecule has 1 N–H and O–H groups in total. The van der Waals surface area contributed by atoms with Crippen molar-refractivity contribution in [2.24, 2.45) is 0 Å². The molecule has 0 unspecified atom stereocenters. The average Bonchev–Trinajstić information content (AvgIpc) is 2.46. The summed E-state index contributed by atoms with van der Waals surface area (Å²) in [6.07, 6.45) is 0.894. The Bertz CT molecular complexity index is 386. The molecule has 0 atom stereocenters. The van der Waals surface area contributed by atoms with Gasteiger partial charge in [0.1, 0.15) is 18.2 Å². The molecule has 20 heavy (non-hydrogen) atoms. The van der Waals surface area contributed by atoms with Gasteiger partial charge in [-0.3, -0.25) is 0 Å². The summed E-state index contributed by atoms with van der Waals surface area (Å²) in [5.41, 5.74) is 0. The average molecular weight is 283 g/mol. The lowest BCUT2D eigenvalue weighted by atomic mass is 10.2. The largest absolute Gasteiger partial charge is 0.475 e.